The van der Waals surface area contributed by atoms with E-state index in [0.29, 0.717) is 5.56 Å². The maximum atomic E-state index is 12.9. The van der Waals surface area contributed by atoms with Crippen LogP contribution in [0.1, 0.15) is 24.1 Å². The molecule has 5 nitrogen and oxygen atoms in total. The second-order valence-corrected chi connectivity index (χ2v) is 4.50. The molecule has 0 aliphatic rings. The van der Waals surface area contributed by atoms with Gasteiger partial charge in [-0.25, -0.2) is 9.37 Å². The molecule has 0 bridgehead atoms. The lowest BCUT2D eigenvalue weighted by molar-refractivity contribution is -0.384. The second kappa shape index (κ2) is 5.64. The lowest BCUT2D eigenvalue weighted by Gasteiger charge is -2.15. The number of aromatic nitrogens is 1. The van der Waals surface area contributed by atoms with Crippen LogP contribution in [0.4, 0.5) is 15.9 Å². The number of halogens is 1. The van der Waals surface area contributed by atoms with Gasteiger partial charge in [-0.1, -0.05) is 12.1 Å². The van der Waals surface area contributed by atoms with Crippen molar-refractivity contribution in [3.63, 3.8) is 0 Å². The Labute approximate surface area is 115 Å². The van der Waals surface area contributed by atoms with Crippen LogP contribution in [-0.2, 0) is 0 Å². The molecule has 0 fully saturated rings. The zero-order chi connectivity index (χ0) is 14.7. The number of nitro groups is 1. The minimum atomic E-state index is -0.456. The first kappa shape index (κ1) is 13.9. The van der Waals surface area contributed by atoms with E-state index >= 15 is 0 Å². The third kappa shape index (κ3) is 2.90. The number of hydrogen-bond donors (Lipinski definition) is 1. The van der Waals surface area contributed by atoms with Crippen molar-refractivity contribution in [1.82, 2.24) is 4.98 Å². The van der Waals surface area contributed by atoms with Crippen molar-refractivity contribution < 1.29 is 9.31 Å². The quantitative estimate of drug-likeness (QED) is 0.683. The van der Waals surface area contributed by atoms with Crippen LogP contribution in [0.25, 0.3) is 0 Å². The number of aryl methyl sites for hydroxylation is 1. The topological polar surface area (TPSA) is 68.1 Å². The molecule has 1 atom stereocenters. The molecule has 0 radical (unpaired) electrons. The maximum Gasteiger partial charge on any atom is 0.314 e. The van der Waals surface area contributed by atoms with Gasteiger partial charge in [-0.3, -0.25) is 10.1 Å². The van der Waals surface area contributed by atoms with Crippen LogP contribution < -0.4 is 5.32 Å². The standard InChI is InChI=1S/C14H14FN3O2/c1-9-7-8-16-14(13(9)18(19)20)17-10(2)11-3-5-12(15)6-4-11/h3-8,10H,1-2H3,(H,16,17). The molecule has 104 valence electrons. The van der Waals surface area contributed by atoms with Crippen LogP contribution in [0.3, 0.4) is 0 Å². The summed E-state index contributed by atoms with van der Waals surface area (Å²) in [5, 5.41) is 14.1. The van der Waals surface area contributed by atoms with Crippen LogP contribution in [0.5, 0.6) is 0 Å². The smallest absolute Gasteiger partial charge is 0.314 e. The van der Waals surface area contributed by atoms with Gasteiger partial charge >= 0.3 is 5.69 Å². The molecule has 1 aromatic heterocycles. The first-order valence-corrected chi connectivity index (χ1v) is 6.11. The lowest BCUT2D eigenvalue weighted by atomic mass is 10.1. The summed E-state index contributed by atoms with van der Waals surface area (Å²) < 4.78 is 12.9. The van der Waals surface area contributed by atoms with Crippen molar-refractivity contribution in [3.8, 4) is 0 Å². The van der Waals surface area contributed by atoms with Gasteiger partial charge in [-0.2, -0.15) is 0 Å². The SMILES string of the molecule is Cc1ccnc(NC(C)c2ccc(F)cc2)c1[N+](=O)[O-]. The van der Waals surface area contributed by atoms with E-state index in [2.05, 4.69) is 10.3 Å². The van der Waals surface area contributed by atoms with Gasteiger partial charge in [-0.15, -0.1) is 0 Å². The highest BCUT2D eigenvalue weighted by Crippen LogP contribution is 2.28. The molecule has 1 heterocycles. The Morgan fingerprint density at radius 1 is 1.30 bits per heavy atom. The average Bonchev–Trinajstić information content (AvgIpc) is 2.39. The van der Waals surface area contributed by atoms with Crippen LogP contribution in [-0.4, -0.2) is 9.91 Å². The van der Waals surface area contributed by atoms with Gasteiger partial charge in [0.15, 0.2) is 0 Å². The molecule has 0 saturated heterocycles. The molecule has 0 amide bonds. The van der Waals surface area contributed by atoms with Gasteiger partial charge in [0.05, 0.1) is 11.0 Å². The average molecular weight is 275 g/mol. The zero-order valence-electron chi connectivity index (χ0n) is 11.1. The fraction of sp³-hybridized carbons (Fsp3) is 0.214. The van der Waals surface area contributed by atoms with Crippen LogP contribution in [0.2, 0.25) is 0 Å². The Bertz CT molecular complexity index is 629. The van der Waals surface area contributed by atoms with E-state index in [-0.39, 0.29) is 23.4 Å². The Morgan fingerprint density at radius 2 is 1.95 bits per heavy atom. The van der Waals surface area contributed by atoms with E-state index in [1.807, 2.05) is 6.92 Å². The number of pyridine rings is 1. The van der Waals surface area contributed by atoms with Gasteiger partial charge in [0.1, 0.15) is 5.82 Å². The third-order valence-corrected chi connectivity index (χ3v) is 3.03. The third-order valence-electron chi connectivity index (χ3n) is 3.03. The maximum absolute atomic E-state index is 12.9. The number of hydrogen-bond acceptors (Lipinski definition) is 4. The first-order chi connectivity index (χ1) is 9.49. The van der Waals surface area contributed by atoms with Crippen molar-refractivity contribution in [2.24, 2.45) is 0 Å². The van der Waals surface area contributed by atoms with Gasteiger partial charge in [0.25, 0.3) is 0 Å². The molecule has 20 heavy (non-hydrogen) atoms. The van der Waals surface area contributed by atoms with Gasteiger partial charge in [0.2, 0.25) is 5.82 Å². The summed E-state index contributed by atoms with van der Waals surface area (Å²) in [4.78, 5) is 14.6. The van der Waals surface area contributed by atoms with E-state index in [1.165, 1.54) is 18.3 Å². The molecule has 0 saturated carbocycles. The minimum Gasteiger partial charge on any atom is -0.358 e. The van der Waals surface area contributed by atoms with Crippen LogP contribution in [0.15, 0.2) is 36.5 Å². The molecule has 0 aliphatic carbocycles. The van der Waals surface area contributed by atoms with E-state index in [1.54, 1.807) is 25.1 Å². The molecular formula is C14H14FN3O2. The molecular weight excluding hydrogens is 261 g/mol. The minimum absolute atomic E-state index is 0.0403. The predicted octanol–water partition coefficient (Wildman–Crippen LogP) is 3.61. The lowest BCUT2D eigenvalue weighted by Crippen LogP contribution is -2.10. The zero-order valence-corrected chi connectivity index (χ0v) is 11.1. The van der Waals surface area contributed by atoms with Crippen LogP contribution in [0, 0.1) is 22.9 Å². The van der Waals surface area contributed by atoms with E-state index in [9.17, 15) is 14.5 Å². The molecule has 0 spiro atoms. The van der Waals surface area contributed by atoms with Crippen molar-refractivity contribution >= 4 is 11.5 Å². The van der Waals surface area contributed by atoms with Crippen molar-refractivity contribution in [2.75, 3.05) is 5.32 Å². The largest absolute Gasteiger partial charge is 0.358 e. The Hall–Kier alpha value is -2.50. The normalized spacial score (nSPS) is 11.9. The summed E-state index contributed by atoms with van der Waals surface area (Å²) in [6, 6.07) is 7.34. The first-order valence-electron chi connectivity index (χ1n) is 6.11. The fourth-order valence-electron chi connectivity index (χ4n) is 1.93. The van der Waals surface area contributed by atoms with E-state index < -0.39 is 4.92 Å². The second-order valence-electron chi connectivity index (χ2n) is 4.50. The molecule has 0 aliphatic heterocycles. The van der Waals surface area contributed by atoms with Crippen molar-refractivity contribution in [2.45, 2.75) is 19.9 Å². The number of rotatable bonds is 4. The summed E-state index contributed by atoms with van der Waals surface area (Å²) in [6.45, 7) is 3.49. The Balaban J connectivity index is 2.28. The monoisotopic (exact) mass is 275 g/mol. The summed E-state index contributed by atoms with van der Waals surface area (Å²) in [7, 11) is 0. The van der Waals surface area contributed by atoms with Gasteiger partial charge in [0, 0.05) is 11.8 Å². The molecule has 2 aromatic rings. The molecule has 2 rings (SSSR count). The van der Waals surface area contributed by atoms with E-state index in [0.717, 1.165) is 5.56 Å². The number of benzene rings is 1. The summed E-state index contributed by atoms with van der Waals surface area (Å²) in [6.07, 6.45) is 1.52. The Kier molecular flexibility index (Phi) is 3.93. The number of nitrogens with zero attached hydrogens (tertiary/aromatic N) is 2. The molecule has 6 heteroatoms. The highest BCUT2D eigenvalue weighted by Gasteiger charge is 2.20. The number of nitrogens with one attached hydrogen (secondary N) is 1. The molecule has 1 aromatic carbocycles. The van der Waals surface area contributed by atoms with Crippen LogP contribution >= 0.6 is 0 Å². The highest BCUT2D eigenvalue weighted by atomic mass is 19.1. The summed E-state index contributed by atoms with van der Waals surface area (Å²) in [5.41, 5.74) is 1.32. The number of anilines is 1. The van der Waals surface area contributed by atoms with Gasteiger partial charge in [-0.05, 0) is 37.6 Å². The predicted molar refractivity (Wildman–Crippen MR) is 74.1 cm³/mol. The van der Waals surface area contributed by atoms with Crippen molar-refractivity contribution in [3.05, 3.63) is 63.6 Å². The van der Waals surface area contributed by atoms with Crippen molar-refractivity contribution in [1.29, 1.82) is 0 Å². The highest BCUT2D eigenvalue weighted by molar-refractivity contribution is 5.60. The summed E-state index contributed by atoms with van der Waals surface area (Å²) in [5.74, 6) is -0.104. The fourth-order valence-corrected chi connectivity index (χ4v) is 1.93. The van der Waals surface area contributed by atoms with Gasteiger partial charge < -0.3 is 5.32 Å². The Morgan fingerprint density at radius 3 is 2.55 bits per heavy atom. The van der Waals surface area contributed by atoms with E-state index in [4.69, 9.17) is 0 Å². The molecule has 1 unspecified atom stereocenters. The molecule has 1 N–H and O–H groups in total. The summed E-state index contributed by atoms with van der Waals surface area (Å²) >= 11 is 0.